The first kappa shape index (κ1) is 32.7. The van der Waals surface area contributed by atoms with Crippen molar-refractivity contribution in [1.29, 1.82) is 0 Å². The minimum atomic E-state index is -0.700. The summed E-state index contributed by atoms with van der Waals surface area (Å²) in [7, 11) is 5.10. The Morgan fingerprint density at radius 3 is 2.38 bits per heavy atom. The molecule has 0 spiro atoms. The standard InChI is InChI=1S/C35H36F2N6O5/c1-41-14-16-42(17-15-41)13-4-18-47-32-21-28-26(20-31(32)45-2)29(11-12-38-28)48-30-10-7-24(19-27(30)37)39-35(44)34-33(46-3)22-43(40-34)25-8-5-23(36)6-9-25/h5-12,19-22H,4,13-18H2,1-3H3,(H,39,44). The molecule has 13 heteroatoms. The lowest BCUT2D eigenvalue weighted by atomic mass is 10.1. The van der Waals surface area contributed by atoms with Crippen LogP contribution in [0.4, 0.5) is 14.5 Å². The van der Waals surface area contributed by atoms with Crippen molar-refractivity contribution in [2.24, 2.45) is 0 Å². The number of anilines is 1. The van der Waals surface area contributed by atoms with E-state index >= 15 is 4.39 Å². The normalized spacial score (nSPS) is 13.8. The number of hydrogen-bond donors (Lipinski definition) is 1. The molecular formula is C35H36F2N6O5. The summed E-state index contributed by atoms with van der Waals surface area (Å²) in [6, 6.07) is 14.9. The molecule has 5 aromatic rings. The summed E-state index contributed by atoms with van der Waals surface area (Å²) in [6.07, 6.45) is 3.95. The Bertz CT molecular complexity index is 1890. The molecule has 1 fully saturated rings. The molecule has 1 N–H and O–H groups in total. The van der Waals surface area contributed by atoms with Gasteiger partial charge in [0.1, 0.15) is 11.6 Å². The van der Waals surface area contributed by atoms with Crippen molar-refractivity contribution in [1.82, 2.24) is 24.6 Å². The number of carbonyl (C=O) groups is 1. The highest BCUT2D eigenvalue weighted by Gasteiger charge is 2.20. The van der Waals surface area contributed by atoms with Crippen LogP contribution in [-0.4, -0.2) is 91.1 Å². The molecule has 1 aliphatic rings. The molecule has 48 heavy (non-hydrogen) atoms. The van der Waals surface area contributed by atoms with Gasteiger partial charge < -0.3 is 34.1 Å². The number of rotatable bonds is 12. The molecule has 0 bridgehead atoms. The van der Waals surface area contributed by atoms with E-state index < -0.39 is 17.5 Å². The van der Waals surface area contributed by atoms with E-state index in [9.17, 15) is 9.18 Å². The number of pyridine rings is 1. The lowest BCUT2D eigenvalue weighted by Gasteiger charge is -2.32. The maximum absolute atomic E-state index is 15.3. The van der Waals surface area contributed by atoms with Crippen molar-refractivity contribution in [3.8, 4) is 34.4 Å². The molecule has 0 unspecified atom stereocenters. The van der Waals surface area contributed by atoms with Gasteiger partial charge >= 0.3 is 0 Å². The number of nitrogens with one attached hydrogen (secondary N) is 1. The number of nitrogens with zero attached hydrogens (tertiary/aromatic N) is 5. The van der Waals surface area contributed by atoms with Gasteiger partial charge in [0.05, 0.1) is 38.2 Å². The Balaban J connectivity index is 1.12. The summed E-state index contributed by atoms with van der Waals surface area (Å²) >= 11 is 0. The zero-order valence-electron chi connectivity index (χ0n) is 26.9. The lowest BCUT2D eigenvalue weighted by molar-refractivity contribution is 0.101. The van der Waals surface area contributed by atoms with Crippen LogP contribution in [0.5, 0.6) is 28.7 Å². The Morgan fingerprint density at radius 2 is 1.65 bits per heavy atom. The monoisotopic (exact) mass is 658 g/mol. The van der Waals surface area contributed by atoms with Crippen LogP contribution in [0.2, 0.25) is 0 Å². The molecular weight excluding hydrogens is 622 g/mol. The first-order valence-electron chi connectivity index (χ1n) is 15.5. The number of hydrogen-bond acceptors (Lipinski definition) is 9. The minimum Gasteiger partial charge on any atom is -0.493 e. The number of halogens is 2. The van der Waals surface area contributed by atoms with Gasteiger partial charge in [-0.2, -0.15) is 5.10 Å². The Hall–Kier alpha value is -5.27. The predicted octanol–water partition coefficient (Wildman–Crippen LogP) is 5.78. The number of carbonyl (C=O) groups excluding carboxylic acids is 1. The molecule has 250 valence electrons. The van der Waals surface area contributed by atoms with Crippen LogP contribution in [-0.2, 0) is 0 Å². The molecule has 2 aromatic heterocycles. The number of methoxy groups -OCH3 is 2. The van der Waals surface area contributed by atoms with Gasteiger partial charge in [0.15, 0.2) is 34.5 Å². The Morgan fingerprint density at radius 1 is 0.875 bits per heavy atom. The number of aromatic nitrogens is 3. The van der Waals surface area contributed by atoms with Crippen LogP contribution in [0.15, 0.2) is 73.1 Å². The van der Waals surface area contributed by atoms with Crippen LogP contribution in [0.25, 0.3) is 16.6 Å². The van der Waals surface area contributed by atoms with E-state index in [1.807, 2.05) is 0 Å². The zero-order chi connectivity index (χ0) is 33.6. The quantitative estimate of drug-likeness (QED) is 0.167. The average molecular weight is 659 g/mol. The topological polar surface area (TPSA) is 103 Å². The molecule has 3 heterocycles. The van der Waals surface area contributed by atoms with E-state index in [1.54, 1.807) is 31.5 Å². The average Bonchev–Trinajstić information content (AvgIpc) is 3.53. The molecule has 1 aliphatic heterocycles. The van der Waals surface area contributed by atoms with Crippen molar-refractivity contribution in [2.75, 3.05) is 65.9 Å². The van der Waals surface area contributed by atoms with Crippen molar-refractivity contribution in [3.63, 3.8) is 0 Å². The number of fused-ring (bicyclic) bond motifs is 1. The summed E-state index contributed by atoms with van der Waals surface area (Å²) in [5.74, 6) is -0.137. The third kappa shape index (κ3) is 7.48. The third-order valence-corrected chi connectivity index (χ3v) is 8.08. The van der Waals surface area contributed by atoms with Gasteiger partial charge in [0.25, 0.3) is 5.91 Å². The number of likely N-dealkylation sites (N-methyl/N-ethyl adjacent to an activating group) is 1. The molecule has 1 saturated heterocycles. The number of amides is 1. The van der Waals surface area contributed by atoms with Crippen LogP contribution in [0.3, 0.4) is 0 Å². The van der Waals surface area contributed by atoms with Gasteiger partial charge in [-0.1, -0.05) is 0 Å². The molecule has 0 aliphatic carbocycles. The highest BCUT2D eigenvalue weighted by molar-refractivity contribution is 6.04. The second kappa shape index (κ2) is 14.7. The van der Waals surface area contributed by atoms with Gasteiger partial charge in [-0.3, -0.25) is 9.78 Å². The molecule has 6 rings (SSSR count). The number of ether oxygens (including phenoxy) is 4. The van der Waals surface area contributed by atoms with E-state index in [1.165, 1.54) is 54.4 Å². The first-order valence-corrected chi connectivity index (χ1v) is 15.5. The van der Waals surface area contributed by atoms with Crippen LogP contribution in [0.1, 0.15) is 16.9 Å². The molecule has 3 aromatic carbocycles. The van der Waals surface area contributed by atoms with E-state index in [0.717, 1.165) is 45.2 Å². The maximum atomic E-state index is 15.3. The van der Waals surface area contributed by atoms with Crippen molar-refractivity contribution >= 4 is 22.5 Å². The number of benzene rings is 3. The van der Waals surface area contributed by atoms with E-state index in [0.29, 0.717) is 40.4 Å². The fourth-order valence-corrected chi connectivity index (χ4v) is 5.39. The molecule has 1 amide bonds. The highest BCUT2D eigenvalue weighted by atomic mass is 19.1. The van der Waals surface area contributed by atoms with E-state index in [4.69, 9.17) is 18.9 Å². The summed E-state index contributed by atoms with van der Waals surface area (Å²) in [5, 5.41) is 7.52. The van der Waals surface area contributed by atoms with Crippen LogP contribution >= 0.6 is 0 Å². The van der Waals surface area contributed by atoms with Crippen molar-refractivity contribution in [3.05, 3.63) is 90.4 Å². The smallest absolute Gasteiger partial charge is 0.280 e. The van der Waals surface area contributed by atoms with Crippen LogP contribution in [0, 0.1) is 11.6 Å². The first-order chi connectivity index (χ1) is 23.3. The number of piperazine rings is 1. The summed E-state index contributed by atoms with van der Waals surface area (Å²) in [4.78, 5) is 22.3. The van der Waals surface area contributed by atoms with Gasteiger partial charge in [-0.05, 0) is 62.0 Å². The fraction of sp³-hybridized carbons (Fsp3) is 0.286. The van der Waals surface area contributed by atoms with E-state index in [-0.39, 0.29) is 22.9 Å². The zero-order valence-corrected chi connectivity index (χ0v) is 26.9. The van der Waals surface area contributed by atoms with Crippen LogP contribution < -0.4 is 24.3 Å². The Kier molecular flexibility index (Phi) is 9.97. The largest absolute Gasteiger partial charge is 0.493 e. The third-order valence-electron chi connectivity index (χ3n) is 8.08. The van der Waals surface area contributed by atoms with Gasteiger partial charge in [0.2, 0.25) is 0 Å². The van der Waals surface area contributed by atoms with Crippen molar-refractivity contribution in [2.45, 2.75) is 6.42 Å². The molecule has 0 radical (unpaired) electrons. The predicted molar refractivity (Wildman–Crippen MR) is 177 cm³/mol. The fourth-order valence-electron chi connectivity index (χ4n) is 5.39. The van der Waals surface area contributed by atoms with E-state index in [2.05, 4.69) is 32.2 Å². The van der Waals surface area contributed by atoms with Gasteiger partial charge in [-0.15, -0.1) is 0 Å². The summed E-state index contributed by atoms with van der Waals surface area (Å²) in [6.45, 7) is 5.75. The lowest BCUT2D eigenvalue weighted by Crippen LogP contribution is -2.44. The second-order valence-corrected chi connectivity index (χ2v) is 11.3. The Labute approximate surface area is 276 Å². The maximum Gasteiger partial charge on any atom is 0.280 e. The second-order valence-electron chi connectivity index (χ2n) is 11.3. The highest BCUT2D eigenvalue weighted by Crippen LogP contribution is 2.38. The summed E-state index contributed by atoms with van der Waals surface area (Å²) < 4.78 is 53.0. The summed E-state index contributed by atoms with van der Waals surface area (Å²) in [5.41, 5.74) is 1.28. The van der Waals surface area contributed by atoms with Crippen molar-refractivity contribution < 1.29 is 32.5 Å². The van der Waals surface area contributed by atoms with Gasteiger partial charge in [-0.25, -0.2) is 13.5 Å². The SMILES string of the molecule is COc1cc2c(Oc3ccc(NC(=O)c4nn(-c5ccc(F)cc5)cc4OC)cc3F)ccnc2cc1OCCCN1CCN(C)CC1. The van der Waals surface area contributed by atoms with Gasteiger partial charge in [0, 0.05) is 62.1 Å². The molecule has 0 saturated carbocycles. The minimum absolute atomic E-state index is 0.0295. The molecule has 0 atom stereocenters. The molecule has 11 nitrogen and oxygen atoms in total.